The summed E-state index contributed by atoms with van der Waals surface area (Å²) < 4.78 is 0. The predicted molar refractivity (Wildman–Crippen MR) is 26.8 cm³/mol. The Kier molecular flexibility index (Phi) is 0.557. The van der Waals surface area contributed by atoms with E-state index in [0.29, 0.717) is 6.04 Å². The molecule has 0 aromatic carbocycles. The third-order valence-corrected chi connectivity index (χ3v) is 2.08. The van der Waals surface area contributed by atoms with Gasteiger partial charge in [-0.05, 0) is 11.8 Å². The summed E-state index contributed by atoms with van der Waals surface area (Å²) in [7, 11) is 0. The van der Waals surface area contributed by atoms with Gasteiger partial charge in [0.1, 0.15) is 0 Å². The lowest BCUT2D eigenvalue weighted by molar-refractivity contribution is 0.666. The van der Waals surface area contributed by atoms with Gasteiger partial charge in [0.15, 0.2) is 0 Å². The van der Waals surface area contributed by atoms with E-state index in [1.165, 1.54) is 0 Å². The normalized spacial score (nSPS) is 57.0. The molecule has 0 aromatic heterocycles. The minimum atomic E-state index is 0.525. The molecule has 39 valence electrons. The summed E-state index contributed by atoms with van der Waals surface area (Å²) in [4.78, 5) is 0. The Labute approximate surface area is 43.1 Å². The highest BCUT2D eigenvalue weighted by Crippen LogP contribution is 2.40. The Balaban J connectivity index is 2.06. The number of nitrogens with zero attached hydrogens (tertiary/aromatic N) is 1. The van der Waals surface area contributed by atoms with E-state index in [2.05, 4.69) is 5.32 Å². The van der Waals surface area contributed by atoms with E-state index in [9.17, 15) is 0 Å². The van der Waals surface area contributed by atoms with Crippen LogP contribution < -0.4 is 11.1 Å². The summed E-state index contributed by atoms with van der Waals surface area (Å²) in [5, 5.41) is 4.18. The van der Waals surface area contributed by atoms with Crippen LogP contribution in [0.2, 0.25) is 0 Å². The van der Waals surface area contributed by atoms with E-state index >= 15 is 0 Å². The second-order valence-electron chi connectivity index (χ2n) is 2.49. The maximum atomic E-state index is 5.61. The molecule has 1 heterocycles. The van der Waals surface area contributed by atoms with Crippen molar-refractivity contribution in [2.75, 3.05) is 13.1 Å². The van der Waals surface area contributed by atoms with Crippen molar-refractivity contribution in [3.05, 3.63) is 0 Å². The van der Waals surface area contributed by atoms with Crippen LogP contribution in [0.1, 0.15) is 0 Å². The summed E-state index contributed by atoms with van der Waals surface area (Å²) in [5.74, 6) is 1.58. The standard InChI is InChI=1S/C5H9N2/c6-5-3-1-7-2-4(3)5/h3-5H,1-2,6H2. The minimum absolute atomic E-state index is 0.525. The topological polar surface area (TPSA) is 40.1 Å². The van der Waals surface area contributed by atoms with Crippen LogP contribution in [0.25, 0.3) is 0 Å². The molecular formula is C5H9N2. The fraction of sp³-hybridized carbons (Fsp3) is 1.00. The van der Waals surface area contributed by atoms with Crippen LogP contribution in [0, 0.1) is 11.8 Å². The zero-order chi connectivity index (χ0) is 4.85. The van der Waals surface area contributed by atoms with Crippen molar-refractivity contribution >= 4 is 0 Å². The van der Waals surface area contributed by atoms with Crippen LogP contribution in [0.4, 0.5) is 0 Å². The summed E-state index contributed by atoms with van der Waals surface area (Å²) in [5.41, 5.74) is 5.61. The average molecular weight is 97.1 g/mol. The molecule has 0 aromatic rings. The maximum absolute atomic E-state index is 5.61. The van der Waals surface area contributed by atoms with Crippen LogP contribution in [-0.2, 0) is 0 Å². The van der Waals surface area contributed by atoms with Crippen molar-refractivity contribution in [1.82, 2.24) is 5.32 Å². The summed E-state index contributed by atoms with van der Waals surface area (Å²) in [6.07, 6.45) is 0. The molecule has 0 bridgehead atoms. The molecule has 7 heavy (non-hydrogen) atoms. The van der Waals surface area contributed by atoms with E-state index in [-0.39, 0.29) is 0 Å². The lowest BCUT2D eigenvalue weighted by atomic mass is 10.4. The van der Waals surface area contributed by atoms with Crippen molar-refractivity contribution in [3.8, 4) is 0 Å². The van der Waals surface area contributed by atoms with Crippen molar-refractivity contribution in [2.24, 2.45) is 17.6 Å². The van der Waals surface area contributed by atoms with Gasteiger partial charge in [-0.3, -0.25) is 0 Å². The molecule has 0 spiro atoms. The van der Waals surface area contributed by atoms with Gasteiger partial charge in [-0.25, -0.2) is 5.32 Å². The number of rotatable bonds is 0. The van der Waals surface area contributed by atoms with Gasteiger partial charge < -0.3 is 5.73 Å². The monoisotopic (exact) mass is 97.1 g/mol. The highest BCUT2D eigenvalue weighted by atomic mass is 15.0. The molecule has 1 aliphatic carbocycles. The van der Waals surface area contributed by atoms with Gasteiger partial charge in [0.05, 0.1) is 0 Å². The van der Waals surface area contributed by atoms with Gasteiger partial charge in [-0.1, -0.05) is 0 Å². The zero-order valence-electron chi connectivity index (χ0n) is 4.17. The van der Waals surface area contributed by atoms with Gasteiger partial charge in [0.25, 0.3) is 0 Å². The molecule has 1 aliphatic heterocycles. The fourth-order valence-corrected chi connectivity index (χ4v) is 1.36. The highest BCUT2D eigenvalue weighted by Gasteiger charge is 2.50. The van der Waals surface area contributed by atoms with Crippen LogP contribution in [-0.4, -0.2) is 19.1 Å². The Morgan fingerprint density at radius 2 is 1.86 bits per heavy atom. The second kappa shape index (κ2) is 1.01. The van der Waals surface area contributed by atoms with Gasteiger partial charge in [0, 0.05) is 19.1 Å². The largest absolute Gasteiger partial charge is 0.327 e. The molecule has 2 fully saturated rings. The van der Waals surface area contributed by atoms with Crippen molar-refractivity contribution in [2.45, 2.75) is 6.04 Å². The van der Waals surface area contributed by atoms with Gasteiger partial charge in [0.2, 0.25) is 0 Å². The van der Waals surface area contributed by atoms with Gasteiger partial charge in [-0.2, -0.15) is 0 Å². The molecule has 2 N–H and O–H groups in total. The molecule has 2 atom stereocenters. The minimum Gasteiger partial charge on any atom is -0.327 e. The molecule has 1 saturated heterocycles. The molecule has 2 heteroatoms. The number of nitrogens with two attached hydrogens (primary N) is 1. The van der Waals surface area contributed by atoms with Crippen molar-refractivity contribution < 1.29 is 0 Å². The Bertz CT molecular complexity index is 82.1. The lowest BCUT2D eigenvalue weighted by Gasteiger charge is -1.91. The van der Waals surface area contributed by atoms with Crippen LogP contribution in [0.5, 0.6) is 0 Å². The Morgan fingerprint density at radius 1 is 1.29 bits per heavy atom. The van der Waals surface area contributed by atoms with E-state index in [1.807, 2.05) is 0 Å². The fourth-order valence-electron chi connectivity index (χ4n) is 1.36. The number of fused-ring (bicyclic) bond motifs is 1. The molecular weight excluding hydrogens is 88.1 g/mol. The van der Waals surface area contributed by atoms with Gasteiger partial charge >= 0.3 is 0 Å². The highest BCUT2D eigenvalue weighted by molar-refractivity contribution is 5.06. The molecule has 0 amide bonds. The first-order valence-electron chi connectivity index (χ1n) is 2.78. The Hall–Kier alpha value is -0.0800. The van der Waals surface area contributed by atoms with Crippen LogP contribution >= 0.6 is 0 Å². The molecule has 1 saturated carbocycles. The first-order valence-corrected chi connectivity index (χ1v) is 2.78. The SMILES string of the molecule is NC1C2C[N]CC12. The lowest BCUT2D eigenvalue weighted by Crippen LogP contribution is -2.16. The second-order valence-corrected chi connectivity index (χ2v) is 2.49. The molecule has 2 nitrogen and oxygen atoms in total. The van der Waals surface area contributed by atoms with E-state index < -0.39 is 0 Å². The van der Waals surface area contributed by atoms with E-state index in [0.717, 1.165) is 24.9 Å². The molecule has 2 unspecified atom stereocenters. The zero-order valence-corrected chi connectivity index (χ0v) is 4.17. The average Bonchev–Trinajstić information content (AvgIpc) is 2.26. The number of hydrogen-bond acceptors (Lipinski definition) is 1. The molecule has 1 radical (unpaired) electrons. The molecule has 2 rings (SSSR count). The summed E-state index contributed by atoms with van der Waals surface area (Å²) >= 11 is 0. The number of hydrogen-bond donors (Lipinski definition) is 1. The molecule has 2 aliphatic rings. The van der Waals surface area contributed by atoms with Crippen molar-refractivity contribution in [3.63, 3.8) is 0 Å². The predicted octanol–water partition coefficient (Wildman–Crippen LogP) is -0.822. The van der Waals surface area contributed by atoms with E-state index in [4.69, 9.17) is 5.73 Å². The van der Waals surface area contributed by atoms with Crippen molar-refractivity contribution in [1.29, 1.82) is 0 Å². The van der Waals surface area contributed by atoms with Gasteiger partial charge in [-0.15, -0.1) is 0 Å². The summed E-state index contributed by atoms with van der Waals surface area (Å²) in [6, 6.07) is 0.525. The maximum Gasteiger partial charge on any atom is 0.0180 e. The first kappa shape index (κ1) is 3.87. The Morgan fingerprint density at radius 3 is 2.14 bits per heavy atom. The van der Waals surface area contributed by atoms with E-state index in [1.54, 1.807) is 0 Å². The third-order valence-electron chi connectivity index (χ3n) is 2.08. The first-order chi connectivity index (χ1) is 3.39. The van der Waals surface area contributed by atoms with Crippen LogP contribution in [0.3, 0.4) is 0 Å². The van der Waals surface area contributed by atoms with Crippen LogP contribution in [0.15, 0.2) is 0 Å². The smallest absolute Gasteiger partial charge is 0.0180 e. The summed E-state index contributed by atoms with van der Waals surface area (Å²) in [6.45, 7) is 2.09. The third kappa shape index (κ3) is 0.359. The quantitative estimate of drug-likeness (QED) is 0.421. The number of piperidine rings is 1.